The zero-order valence-corrected chi connectivity index (χ0v) is 22.4. The lowest BCUT2D eigenvalue weighted by atomic mass is 10.1. The van der Waals surface area contributed by atoms with Crippen LogP contribution in [0.25, 0.3) is 0 Å². The third-order valence-corrected chi connectivity index (χ3v) is 4.90. The van der Waals surface area contributed by atoms with E-state index in [2.05, 4.69) is 10.1 Å². The van der Waals surface area contributed by atoms with Crippen molar-refractivity contribution < 1.29 is 42.9 Å². The predicted octanol–water partition coefficient (Wildman–Crippen LogP) is 4.52. The molecule has 11 heteroatoms. The molecule has 1 aromatic rings. The van der Waals surface area contributed by atoms with Crippen molar-refractivity contribution in [2.75, 3.05) is 12.4 Å². The fraction of sp³-hybridized carbons (Fsp3) is 0.500. The largest absolute Gasteiger partial charge is 0.514 e. The molecule has 0 unspecified atom stereocenters. The Kier molecular flexibility index (Phi) is 9.08. The number of carbonyl (C=O) groups is 5. The predicted molar refractivity (Wildman–Crippen MR) is 133 cm³/mol. The smallest absolute Gasteiger partial charge is 0.469 e. The van der Waals surface area contributed by atoms with Crippen molar-refractivity contribution in [1.82, 2.24) is 4.90 Å². The lowest BCUT2D eigenvalue weighted by Gasteiger charge is -2.24. The third kappa shape index (κ3) is 8.62. The first-order valence-electron chi connectivity index (χ1n) is 11.6. The molecule has 0 fully saturated rings. The van der Waals surface area contributed by atoms with Crippen LogP contribution in [0.15, 0.2) is 23.9 Å². The SMILES string of the molecule is COC(=O)CC1=CN(C(=O)c2cc(C)c(OC(=O)OC(C)(C)C)cc2NC(=O)OC(C)(C)C)[C@@H](C=O)C1. The van der Waals surface area contributed by atoms with Gasteiger partial charge >= 0.3 is 18.2 Å². The molecule has 1 aliphatic heterocycles. The number of carbonyl (C=O) groups excluding carboxylic acids is 5. The van der Waals surface area contributed by atoms with Crippen molar-refractivity contribution in [2.24, 2.45) is 0 Å². The first kappa shape index (κ1) is 29.3. The maximum atomic E-state index is 13.6. The Bertz CT molecular complexity index is 1110. The molecule has 11 nitrogen and oxygen atoms in total. The van der Waals surface area contributed by atoms with E-state index in [-0.39, 0.29) is 29.8 Å². The minimum Gasteiger partial charge on any atom is -0.469 e. The van der Waals surface area contributed by atoms with Crippen LogP contribution in [-0.4, -0.2) is 59.7 Å². The number of anilines is 1. The molecule has 1 atom stereocenters. The molecule has 1 aliphatic rings. The number of esters is 1. The number of ether oxygens (including phenoxy) is 4. The molecule has 2 amide bonds. The first-order valence-corrected chi connectivity index (χ1v) is 11.6. The number of aryl methyl sites for hydroxylation is 1. The summed E-state index contributed by atoms with van der Waals surface area (Å²) in [6.07, 6.45) is 0.313. The second kappa shape index (κ2) is 11.4. The molecule has 0 saturated heterocycles. The van der Waals surface area contributed by atoms with E-state index in [0.717, 1.165) is 0 Å². The zero-order chi connectivity index (χ0) is 28.1. The summed E-state index contributed by atoms with van der Waals surface area (Å²) in [4.78, 5) is 63.0. The van der Waals surface area contributed by atoms with Gasteiger partial charge in [-0.05, 0) is 72.1 Å². The van der Waals surface area contributed by atoms with Crippen LogP contribution in [-0.2, 0) is 23.8 Å². The van der Waals surface area contributed by atoms with Gasteiger partial charge in [-0.15, -0.1) is 0 Å². The standard InChI is InChI=1S/C26H34N2O9/c1-15-9-18(22(31)28-13-16(10-17(28)14-29)11-21(30)34-8)19(27-23(32)36-25(2,3)4)12-20(15)35-24(33)37-26(5,6)7/h9,12-14,17H,10-11H2,1-8H3,(H,27,32)/t17-/m1/s1. The Balaban J connectivity index is 2.48. The maximum Gasteiger partial charge on any atom is 0.514 e. The third-order valence-electron chi connectivity index (χ3n) is 4.90. The lowest BCUT2D eigenvalue weighted by molar-refractivity contribution is -0.139. The van der Waals surface area contributed by atoms with Gasteiger partial charge in [0, 0.05) is 12.3 Å². The van der Waals surface area contributed by atoms with Crippen molar-refractivity contribution in [3.8, 4) is 5.75 Å². The van der Waals surface area contributed by atoms with E-state index >= 15 is 0 Å². The maximum absolute atomic E-state index is 13.6. The number of amides is 2. The normalized spacial score (nSPS) is 15.4. The highest BCUT2D eigenvalue weighted by molar-refractivity contribution is 6.05. The molecular formula is C26H34N2O9. The summed E-state index contributed by atoms with van der Waals surface area (Å²) in [5.41, 5.74) is -0.681. The van der Waals surface area contributed by atoms with Gasteiger partial charge < -0.3 is 28.6 Å². The minimum atomic E-state index is -0.964. The fourth-order valence-electron chi connectivity index (χ4n) is 3.40. The second-order valence-corrected chi connectivity index (χ2v) is 10.5. The summed E-state index contributed by atoms with van der Waals surface area (Å²) in [5.74, 6) is -1.07. The van der Waals surface area contributed by atoms with Gasteiger partial charge in [0.1, 0.15) is 23.2 Å². The Labute approximate surface area is 216 Å². The van der Waals surface area contributed by atoms with Gasteiger partial charge in [0.15, 0.2) is 0 Å². The molecule has 0 aliphatic carbocycles. The lowest BCUT2D eigenvalue weighted by Crippen LogP contribution is -2.35. The second-order valence-electron chi connectivity index (χ2n) is 10.5. The van der Waals surface area contributed by atoms with Crippen molar-refractivity contribution in [2.45, 2.75) is 78.6 Å². The van der Waals surface area contributed by atoms with Crippen LogP contribution in [0.1, 0.15) is 70.3 Å². The molecule has 2 rings (SSSR count). The van der Waals surface area contributed by atoms with Crippen LogP contribution in [0.5, 0.6) is 5.75 Å². The summed E-state index contributed by atoms with van der Waals surface area (Å²) in [5, 5.41) is 2.52. The van der Waals surface area contributed by atoms with Crippen molar-refractivity contribution in [3.05, 3.63) is 35.0 Å². The highest BCUT2D eigenvalue weighted by Gasteiger charge is 2.33. The van der Waals surface area contributed by atoms with Crippen LogP contribution >= 0.6 is 0 Å². The van der Waals surface area contributed by atoms with Crippen LogP contribution in [0, 0.1) is 6.92 Å². The van der Waals surface area contributed by atoms with Gasteiger partial charge in [0.2, 0.25) is 0 Å². The average Bonchev–Trinajstić information content (AvgIpc) is 3.15. The van der Waals surface area contributed by atoms with Gasteiger partial charge in [0.05, 0.1) is 30.8 Å². The van der Waals surface area contributed by atoms with E-state index < -0.39 is 41.4 Å². The molecule has 1 aromatic carbocycles. The van der Waals surface area contributed by atoms with E-state index in [1.54, 1.807) is 48.5 Å². The molecular weight excluding hydrogens is 484 g/mol. The number of benzene rings is 1. The van der Waals surface area contributed by atoms with Crippen molar-refractivity contribution in [3.63, 3.8) is 0 Å². The summed E-state index contributed by atoms with van der Waals surface area (Å²) >= 11 is 0. The molecule has 1 heterocycles. The molecule has 0 aromatic heterocycles. The Morgan fingerprint density at radius 3 is 2.22 bits per heavy atom. The quantitative estimate of drug-likeness (QED) is 0.249. The Hall–Kier alpha value is -3.89. The molecule has 0 saturated carbocycles. The van der Waals surface area contributed by atoms with E-state index in [9.17, 15) is 24.0 Å². The van der Waals surface area contributed by atoms with Crippen LogP contribution in [0.2, 0.25) is 0 Å². The first-order chi connectivity index (χ1) is 17.0. The Morgan fingerprint density at radius 1 is 1.05 bits per heavy atom. The van der Waals surface area contributed by atoms with E-state index in [0.29, 0.717) is 17.4 Å². The highest BCUT2D eigenvalue weighted by Crippen LogP contribution is 2.32. The Morgan fingerprint density at radius 2 is 1.68 bits per heavy atom. The minimum absolute atomic E-state index is 0.0112. The van der Waals surface area contributed by atoms with Crippen LogP contribution in [0.4, 0.5) is 15.3 Å². The van der Waals surface area contributed by atoms with Crippen molar-refractivity contribution >= 4 is 36.1 Å². The molecule has 202 valence electrons. The van der Waals surface area contributed by atoms with Gasteiger partial charge in [-0.1, -0.05) is 0 Å². The van der Waals surface area contributed by atoms with Gasteiger partial charge in [0.25, 0.3) is 5.91 Å². The average molecular weight is 519 g/mol. The number of rotatable bonds is 6. The van der Waals surface area contributed by atoms with E-state index in [4.69, 9.17) is 14.2 Å². The number of nitrogens with zero attached hydrogens (tertiary/aromatic N) is 1. The van der Waals surface area contributed by atoms with Crippen LogP contribution in [0.3, 0.4) is 0 Å². The summed E-state index contributed by atoms with van der Waals surface area (Å²) in [7, 11) is 1.25. The molecule has 0 radical (unpaired) electrons. The number of hydrogen-bond acceptors (Lipinski definition) is 9. The van der Waals surface area contributed by atoms with Crippen LogP contribution < -0.4 is 10.1 Å². The molecule has 0 bridgehead atoms. The van der Waals surface area contributed by atoms with Gasteiger partial charge in [-0.25, -0.2) is 9.59 Å². The number of methoxy groups -OCH3 is 1. The monoisotopic (exact) mass is 518 g/mol. The number of aldehydes is 1. The zero-order valence-electron chi connectivity index (χ0n) is 22.4. The van der Waals surface area contributed by atoms with E-state index in [1.165, 1.54) is 30.3 Å². The fourth-order valence-corrected chi connectivity index (χ4v) is 3.40. The summed E-state index contributed by atoms with van der Waals surface area (Å²) in [6.45, 7) is 11.7. The summed E-state index contributed by atoms with van der Waals surface area (Å²) < 4.78 is 20.5. The number of hydrogen-bond donors (Lipinski definition) is 1. The summed E-state index contributed by atoms with van der Waals surface area (Å²) in [6, 6.07) is 1.88. The van der Waals surface area contributed by atoms with Gasteiger partial charge in [-0.3, -0.25) is 14.9 Å². The molecule has 37 heavy (non-hydrogen) atoms. The number of nitrogens with one attached hydrogen (secondary N) is 1. The highest BCUT2D eigenvalue weighted by atomic mass is 16.7. The molecule has 1 N–H and O–H groups in total. The van der Waals surface area contributed by atoms with Gasteiger partial charge in [-0.2, -0.15) is 0 Å². The topological polar surface area (TPSA) is 138 Å². The van der Waals surface area contributed by atoms with Crippen molar-refractivity contribution in [1.29, 1.82) is 0 Å². The van der Waals surface area contributed by atoms with E-state index in [1.807, 2.05) is 0 Å². The molecule has 0 spiro atoms.